The molecule has 1 atom stereocenters. The third-order valence-corrected chi connectivity index (χ3v) is 2.36. The minimum Gasteiger partial charge on any atom is -0.505 e. The number of carboxylic acids is 1. The maximum absolute atomic E-state index is 12.8. The van der Waals surface area contributed by atoms with Gasteiger partial charge in [-0.15, -0.1) is 0 Å². The molecular formula is C11H13FO3. The first-order chi connectivity index (χ1) is 7.04. The minimum atomic E-state index is -0.898. The molecule has 1 aromatic rings. The first kappa shape index (κ1) is 11.5. The number of carbonyl (C=O) groups is 1. The first-order valence-electron chi connectivity index (χ1n) is 4.74. The zero-order valence-electron chi connectivity index (χ0n) is 8.40. The zero-order valence-corrected chi connectivity index (χ0v) is 8.40. The van der Waals surface area contributed by atoms with E-state index < -0.39 is 17.5 Å². The summed E-state index contributed by atoms with van der Waals surface area (Å²) < 4.78 is 12.8. The first-order valence-corrected chi connectivity index (χ1v) is 4.74. The number of aromatic hydroxyl groups is 1. The average Bonchev–Trinajstić information content (AvgIpc) is 2.18. The molecule has 0 aliphatic rings. The van der Waals surface area contributed by atoms with Crippen LogP contribution in [0.3, 0.4) is 0 Å². The summed E-state index contributed by atoms with van der Waals surface area (Å²) in [7, 11) is 0. The quantitative estimate of drug-likeness (QED) is 0.806. The fraction of sp³-hybridized carbons (Fsp3) is 0.364. The van der Waals surface area contributed by atoms with Crippen molar-refractivity contribution in [3.05, 3.63) is 29.6 Å². The molecule has 4 heteroatoms. The van der Waals surface area contributed by atoms with Crippen molar-refractivity contribution in [2.45, 2.75) is 25.7 Å². The molecule has 0 heterocycles. The molecule has 1 rings (SSSR count). The number of halogens is 1. The molecule has 0 saturated carbocycles. The van der Waals surface area contributed by atoms with Gasteiger partial charge in [0, 0.05) is 0 Å². The third-order valence-electron chi connectivity index (χ3n) is 2.36. The van der Waals surface area contributed by atoms with Crippen molar-refractivity contribution in [2.75, 3.05) is 0 Å². The van der Waals surface area contributed by atoms with Gasteiger partial charge in [0.25, 0.3) is 0 Å². The van der Waals surface area contributed by atoms with Crippen LogP contribution < -0.4 is 0 Å². The number of benzene rings is 1. The Morgan fingerprint density at radius 1 is 1.53 bits per heavy atom. The summed E-state index contributed by atoms with van der Waals surface area (Å²) in [5.41, 5.74) is 0.652. The van der Waals surface area contributed by atoms with Gasteiger partial charge in [0.15, 0.2) is 11.6 Å². The molecule has 15 heavy (non-hydrogen) atoms. The van der Waals surface area contributed by atoms with Gasteiger partial charge in [-0.1, -0.05) is 13.0 Å². The van der Waals surface area contributed by atoms with E-state index in [2.05, 4.69) is 0 Å². The summed E-state index contributed by atoms with van der Waals surface area (Å²) in [5, 5.41) is 17.8. The van der Waals surface area contributed by atoms with Crippen LogP contribution in [0.1, 0.15) is 31.2 Å². The van der Waals surface area contributed by atoms with Crippen molar-refractivity contribution < 1.29 is 19.4 Å². The van der Waals surface area contributed by atoms with Gasteiger partial charge in [0.05, 0.1) is 6.42 Å². The summed E-state index contributed by atoms with van der Waals surface area (Å²) in [4.78, 5) is 10.6. The van der Waals surface area contributed by atoms with E-state index in [1.807, 2.05) is 6.92 Å². The Morgan fingerprint density at radius 3 is 2.67 bits per heavy atom. The summed E-state index contributed by atoms with van der Waals surface area (Å²) >= 11 is 0. The molecule has 0 radical (unpaired) electrons. The van der Waals surface area contributed by atoms with Gasteiger partial charge in [-0.25, -0.2) is 4.39 Å². The fourth-order valence-electron chi connectivity index (χ4n) is 1.49. The molecule has 1 aromatic carbocycles. The van der Waals surface area contributed by atoms with Crippen LogP contribution in [0.4, 0.5) is 4.39 Å². The lowest BCUT2D eigenvalue weighted by Gasteiger charge is -2.13. The monoisotopic (exact) mass is 212 g/mol. The van der Waals surface area contributed by atoms with Crippen LogP contribution in [0.5, 0.6) is 5.75 Å². The predicted octanol–water partition coefficient (Wildman–Crippen LogP) is 2.50. The smallest absolute Gasteiger partial charge is 0.303 e. The fourth-order valence-corrected chi connectivity index (χ4v) is 1.49. The van der Waals surface area contributed by atoms with Crippen molar-refractivity contribution in [2.24, 2.45) is 0 Å². The molecule has 0 aliphatic carbocycles. The van der Waals surface area contributed by atoms with Gasteiger partial charge in [-0.2, -0.15) is 0 Å². The number of hydrogen-bond donors (Lipinski definition) is 2. The molecule has 3 nitrogen and oxygen atoms in total. The molecule has 0 bridgehead atoms. The van der Waals surface area contributed by atoms with Gasteiger partial charge >= 0.3 is 5.97 Å². The largest absolute Gasteiger partial charge is 0.505 e. The third kappa shape index (κ3) is 2.94. The molecular weight excluding hydrogens is 199 g/mol. The van der Waals surface area contributed by atoms with Gasteiger partial charge in [-0.05, 0) is 30.0 Å². The maximum Gasteiger partial charge on any atom is 0.303 e. The lowest BCUT2D eigenvalue weighted by atomic mass is 9.93. The van der Waals surface area contributed by atoms with E-state index in [4.69, 9.17) is 10.2 Å². The van der Waals surface area contributed by atoms with Gasteiger partial charge < -0.3 is 10.2 Å². The Labute approximate surface area is 87.2 Å². The van der Waals surface area contributed by atoms with Gasteiger partial charge in [0.2, 0.25) is 0 Å². The molecule has 0 aliphatic heterocycles. The second kappa shape index (κ2) is 4.77. The van der Waals surface area contributed by atoms with Crippen molar-refractivity contribution in [1.29, 1.82) is 0 Å². The normalized spacial score (nSPS) is 12.4. The van der Waals surface area contributed by atoms with Crippen molar-refractivity contribution in [1.82, 2.24) is 0 Å². The molecule has 82 valence electrons. The molecule has 0 fully saturated rings. The standard InChI is InChI=1S/C11H13FO3/c1-2-7(6-11(14)15)8-3-4-9(12)10(13)5-8/h3-5,7,13H,2,6H2,1H3,(H,14,15)/t7-/m0/s1. The van der Waals surface area contributed by atoms with Crippen LogP contribution in [0.15, 0.2) is 18.2 Å². The lowest BCUT2D eigenvalue weighted by molar-refractivity contribution is -0.137. The van der Waals surface area contributed by atoms with E-state index >= 15 is 0 Å². The predicted molar refractivity (Wildman–Crippen MR) is 53.3 cm³/mol. The highest BCUT2D eigenvalue weighted by molar-refractivity contribution is 5.68. The van der Waals surface area contributed by atoms with E-state index in [9.17, 15) is 9.18 Å². The Balaban J connectivity index is 2.92. The number of phenols is 1. The maximum atomic E-state index is 12.8. The van der Waals surface area contributed by atoms with E-state index in [1.165, 1.54) is 12.1 Å². The van der Waals surface area contributed by atoms with Crippen LogP contribution in [0, 0.1) is 5.82 Å². The van der Waals surface area contributed by atoms with E-state index in [0.29, 0.717) is 12.0 Å². The average molecular weight is 212 g/mol. The number of carboxylic acid groups (broad SMARTS) is 1. The van der Waals surface area contributed by atoms with E-state index in [0.717, 1.165) is 6.07 Å². The summed E-state index contributed by atoms with van der Waals surface area (Å²) in [5.74, 6) is -2.21. The lowest BCUT2D eigenvalue weighted by Crippen LogP contribution is -2.05. The minimum absolute atomic E-state index is 0.0123. The summed E-state index contributed by atoms with van der Waals surface area (Å²) in [6, 6.07) is 3.94. The molecule has 2 N–H and O–H groups in total. The SMILES string of the molecule is CC[C@@H](CC(=O)O)c1ccc(F)c(O)c1. The summed E-state index contributed by atoms with van der Waals surface area (Å²) in [6.07, 6.45) is 0.624. The Kier molecular flexibility index (Phi) is 3.66. The number of hydrogen-bond acceptors (Lipinski definition) is 2. The van der Waals surface area contributed by atoms with Crippen molar-refractivity contribution in [3.63, 3.8) is 0 Å². The van der Waals surface area contributed by atoms with Gasteiger partial charge in [-0.3, -0.25) is 4.79 Å². The van der Waals surface area contributed by atoms with E-state index in [-0.39, 0.29) is 12.3 Å². The Hall–Kier alpha value is -1.58. The van der Waals surface area contributed by atoms with Crippen LogP contribution in [0.25, 0.3) is 0 Å². The number of aliphatic carboxylic acids is 1. The summed E-state index contributed by atoms with van der Waals surface area (Å²) in [6.45, 7) is 1.86. The number of phenolic OH excluding ortho intramolecular Hbond substituents is 1. The van der Waals surface area contributed by atoms with Crippen LogP contribution >= 0.6 is 0 Å². The number of rotatable bonds is 4. The van der Waals surface area contributed by atoms with Crippen LogP contribution in [-0.4, -0.2) is 16.2 Å². The molecule has 0 unspecified atom stereocenters. The van der Waals surface area contributed by atoms with Crippen LogP contribution in [-0.2, 0) is 4.79 Å². The van der Waals surface area contributed by atoms with Crippen LogP contribution in [0.2, 0.25) is 0 Å². The Bertz CT molecular complexity index is 363. The second-order valence-corrected chi connectivity index (χ2v) is 3.41. The molecule has 0 saturated heterocycles. The van der Waals surface area contributed by atoms with Crippen molar-refractivity contribution in [3.8, 4) is 5.75 Å². The van der Waals surface area contributed by atoms with E-state index in [1.54, 1.807) is 0 Å². The van der Waals surface area contributed by atoms with Crippen molar-refractivity contribution >= 4 is 5.97 Å². The molecule has 0 spiro atoms. The molecule has 0 amide bonds. The Morgan fingerprint density at radius 2 is 2.20 bits per heavy atom. The molecule has 0 aromatic heterocycles. The highest BCUT2D eigenvalue weighted by Gasteiger charge is 2.14. The second-order valence-electron chi connectivity index (χ2n) is 3.41. The highest BCUT2D eigenvalue weighted by Crippen LogP contribution is 2.27. The van der Waals surface area contributed by atoms with Gasteiger partial charge in [0.1, 0.15) is 0 Å². The highest BCUT2D eigenvalue weighted by atomic mass is 19.1. The zero-order chi connectivity index (χ0) is 11.4. The topological polar surface area (TPSA) is 57.5 Å².